The van der Waals surface area contributed by atoms with Crippen molar-refractivity contribution < 1.29 is 0 Å². The highest BCUT2D eigenvalue weighted by Crippen LogP contribution is 2.17. The zero-order valence-corrected chi connectivity index (χ0v) is 10.1. The Bertz CT molecular complexity index is 510. The lowest BCUT2D eigenvalue weighted by molar-refractivity contribution is 0.517. The number of nitrogens with zero attached hydrogens (tertiary/aromatic N) is 1. The summed E-state index contributed by atoms with van der Waals surface area (Å²) in [7, 11) is 0. The second-order valence-corrected chi connectivity index (χ2v) is 5.15. The molecule has 1 heterocycles. The van der Waals surface area contributed by atoms with E-state index in [-0.39, 0.29) is 5.54 Å². The predicted octanol–water partition coefficient (Wildman–Crippen LogP) is 2.82. The molecule has 0 aliphatic rings. The van der Waals surface area contributed by atoms with E-state index < -0.39 is 0 Å². The van der Waals surface area contributed by atoms with Crippen LogP contribution in [0.25, 0.3) is 10.9 Å². The zero-order valence-electron chi connectivity index (χ0n) is 10.1. The summed E-state index contributed by atoms with van der Waals surface area (Å²) in [6.45, 7) is 6.10. The number of benzene rings is 1. The lowest BCUT2D eigenvalue weighted by Gasteiger charge is -2.18. The normalized spacial score (nSPS) is 12.0. The topological polar surface area (TPSA) is 38.9 Å². The number of aromatic nitrogens is 1. The van der Waals surface area contributed by atoms with Gasteiger partial charge < -0.3 is 5.73 Å². The Balaban J connectivity index is 2.41. The smallest absolute Gasteiger partial charge is 0.0705 e. The third-order valence-corrected chi connectivity index (χ3v) is 2.55. The molecule has 0 spiro atoms. The van der Waals surface area contributed by atoms with E-state index in [1.54, 1.807) is 0 Å². The Labute approximate surface area is 96.5 Å². The van der Waals surface area contributed by atoms with E-state index in [9.17, 15) is 0 Å². The quantitative estimate of drug-likeness (QED) is 0.835. The Kier molecular flexibility index (Phi) is 2.68. The van der Waals surface area contributed by atoms with Gasteiger partial charge in [-0.05, 0) is 51.0 Å². The molecule has 16 heavy (non-hydrogen) atoms. The number of rotatable bonds is 2. The van der Waals surface area contributed by atoms with E-state index in [1.165, 1.54) is 10.9 Å². The molecule has 2 nitrogen and oxygen atoms in total. The third kappa shape index (κ3) is 2.58. The highest BCUT2D eigenvalue weighted by atomic mass is 14.7. The van der Waals surface area contributed by atoms with Crippen molar-refractivity contribution in [1.82, 2.24) is 4.98 Å². The molecule has 2 aromatic rings. The fourth-order valence-electron chi connectivity index (χ4n) is 1.91. The highest BCUT2D eigenvalue weighted by Gasteiger charge is 2.11. The van der Waals surface area contributed by atoms with Gasteiger partial charge in [0.1, 0.15) is 0 Å². The van der Waals surface area contributed by atoms with Crippen LogP contribution in [0.1, 0.15) is 25.1 Å². The summed E-state index contributed by atoms with van der Waals surface area (Å²) in [5, 5.41) is 1.19. The SMILES string of the molecule is Cc1ccc2cc(CC(C)(C)N)ccc2n1. The van der Waals surface area contributed by atoms with Crippen LogP contribution in [0, 0.1) is 6.92 Å². The maximum atomic E-state index is 6.02. The molecule has 0 fully saturated rings. The van der Waals surface area contributed by atoms with Crippen molar-refractivity contribution in [1.29, 1.82) is 0 Å². The molecule has 0 aliphatic carbocycles. The van der Waals surface area contributed by atoms with Crippen LogP contribution in [0.3, 0.4) is 0 Å². The van der Waals surface area contributed by atoms with Gasteiger partial charge in [0.15, 0.2) is 0 Å². The van der Waals surface area contributed by atoms with Crippen LogP contribution in [0.15, 0.2) is 30.3 Å². The fourth-order valence-corrected chi connectivity index (χ4v) is 1.91. The van der Waals surface area contributed by atoms with Gasteiger partial charge in [0.05, 0.1) is 5.52 Å². The Morgan fingerprint density at radius 3 is 2.62 bits per heavy atom. The van der Waals surface area contributed by atoms with Crippen LogP contribution in [-0.4, -0.2) is 10.5 Å². The largest absolute Gasteiger partial charge is 0.325 e. The van der Waals surface area contributed by atoms with Crippen LogP contribution < -0.4 is 5.73 Å². The highest BCUT2D eigenvalue weighted by molar-refractivity contribution is 5.79. The maximum absolute atomic E-state index is 6.02. The minimum atomic E-state index is -0.161. The first-order valence-electron chi connectivity index (χ1n) is 5.59. The summed E-state index contributed by atoms with van der Waals surface area (Å²) in [4.78, 5) is 4.48. The summed E-state index contributed by atoms with van der Waals surface area (Å²) < 4.78 is 0. The van der Waals surface area contributed by atoms with Crippen LogP contribution in [0.4, 0.5) is 0 Å². The van der Waals surface area contributed by atoms with Crippen LogP contribution >= 0.6 is 0 Å². The lowest BCUT2D eigenvalue weighted by Crippen LogP contribution is -2.34. The molecule has 0 amide bonds. The number of pyridine rings is 1. The molecule has 0 saturated heterocycles. The molecule has 2 heteroatoms. The van der Waals surface area contributed by atoms with E-state index in [1.807, 2.05) is 26.8 Å². The molecule has 0 atom stereocenters. The van der Waals surface area contributed by atoms with Crippen molar-refractivity contribution in [3.63, 3.8) is 0 Å². The average Bonchev–Trinajstić information content (AvgIpc) is 2.16. The van der Waals surface area contributed by atoms with E-state index in [2.05, 4.69) is 29.2 Å². The van der Waals surface area contributed by atoms with Gasteiger partial charge >= 0.3 is 0 Å². The maximum Gasteiger partial charge on any atom is 0.0705 e. The van der Waals surface area contributed by atoms with Gasteiger partial charge in [0.25, 0.3) is 0 Å². The minimum Gasteiger partial charge on any atom is -0.325 e. The average molecular weight is 214 g/mol. The number of hydrogen-bond donors (Lipinski definition) is 1. The summed E-state index contributed by atoms with van der Waals surface area (Å²) in [6, 6.07) is 10.5. The lowest BCUT2D eigenvalue weighted by atomic mass is 9.95. The second kappa shape index (κ2) is 3.87. The molecule has 0 bridgehead atoms. The minimum absolute atomic E-state index is 0.161. The predicted molar refractivity (Wildman–Crippen MR) is 68.5 cm³/mol. The monoisotopic (exact) mass is 214 g/mol. The van der Waals surface area contributed by atoms with Gasteiger partial charge in [-0.1, -0.05) is 12.1 Å². The first-order chi connectivity index (χ1) is 7.44. The van der Waals surface area contributed by atoms with E-state index in [0.29, 0.717) is 0 Å². The van der Waals surface area contributed by atoms with Gasteiger partial charge in [-0.25, -0.2) is 0 Å². The first-order valence-corrected chi connectivity index (χ1v) is 5.59. The van der Waals surface area contributed by atoms with Crippen molar-refractivity contribution in [2.24, 2.45) is 5.73 Å². The van der Waals surface area contributed by atoms with Gasteiger partial charge in [-0.3, -0.25) is 4.98 Å². The molecule has 1 aromatic carbocycles. The van der Waals surface area contributed by atoms with Gasteiger partial charge in [0, 0.05) is 16.6 Å². The zero-order chi connectivity index (χ0) is 11.8. The van der Waals surface area contributed by atoms with Crippen molar-refractivity contribution in [2.45, 2.75) is 32.7 Å². The summed E-state index contributed by atoms with van der Waals surface area (Å²) >= 11 is 0. The van der Waals surface area contributed by atoms with Crippen LogP contribution in [-0.2, 0) is 6.42 Å². The second-order valence-electron chi connectivity index (χ2n) is 5.15. The van der Waals surface area contributed by atoms with Gasteiger partial charge in [0.2, 0.25) is 0 Å². The van der Waals surface area contributed by atoms with Crippen LogP contribution in [0.2, 0.25) is 0 Å². The molecule has 0 radical (unpaired) electrons. The number of aryl methyl sites for hydroxylation is 1. The van der Waals surface area contributed by atoms with E-state index >= 15 is 0 Å². The Morgan fingerprint density at radius 1 is 1.19 bits per heavy atom. The number of nitrogens with two attached hydrogens (primary N) is 1. The first kappa shape index (κ1) is 11.1. The molecule has 2 rings (SSSR count). The van der Waals surface area contributed by atoms with Crippen molar-refractivity contribution in [2.75, 3.05) is 0 Å². The molecule has 84 valence electrons. The van der Waals surface area contributed by atoms with Gasteiger partial charge in [-0.15, -0.1) is 0 Å². The van der Waals surface area contributed by atoms with Crippen LogP contribution in [0.5, 0.6) is 0 Å². The molecule has 2 N–H and O–H groups in total. The standard InChI is InChI=1S/C14H18N2/c1-10-4-6-12-8-11(9-14(2,3)15)5-7-13(12)16-10/h4-8H,9,15H2,1-3H3. The summed E-state index contributed by atoms with van der Waals surface area (Å²) in [5.41, 5.74) is 9.24. The Morgan fingerprint density at radius 2 is 1.94 bits per heavy atom. The Hall–Kier alpha value is -1.41. The molecule has 0 saturated carbocycles. The summed E-state index contributed by atoms with van der Waals surface area (Å²) in [6.07, 6.45) is 0.886. The molecular formula is C14H18N2. The molecule has 0 aliphatic heterocycles. The van der Waals surface area contributed by atoms with Crippen molar-refractivity contribution in [3.8, 4) is 0 Å². The number of fused-ring (bicyclic) bond motifs is 1. The third-order valence-electron chi connectivity index (χ3n) is 2.55. The summed E-state index contributed by atoms with van der Waals surface area (Å²) in [5.74, 6) is 0. The van der Waals surface area contributed by atoms with E-state index in [4.69, 9.17) is 5.73 Å². The molecular weight excluding hydrogens is 196 g/mol. The number of hydrogen-bond acceptors (Lipinski definition) is 2. The molecule has 0 unspecified atom stereocenters. The van der Waals surface area contributed by atoms with Gasteiger partial charge in [-0.2, -0.15) is 0 Å². The van der Waals surface area contributed by atoms with Crippen molar-refractivity contribution >= 4 is 10.9 Å². The molecule has 1 aromatic heterocycles. The van der Waals surface area contributed by atoms with Crippen molar-refractivity contribution in [3.05, 3.63) is 41.6 Å². The van der Waals surface area contributed by atoms with E-state index in [0.717, 1.165) is 17.6 Å². The fraction of sp³-hybridized carbons (Fsp3) is 0.357.